The van der Waals surface area contributed by atoms with Crippen molar-refractivity contribution in [2.75, 3.05) is 14.2 Å². The molecule has 1 N–H and O–H groups in total. The lowest BCUT2D eigenvalue weighted by Crippen LogP contribution is -2.41. The van der Waals surface area contributed by atoms with Crippen LogP contribution in [-0.4, -0.2) is 26.2 Å². The van der Waals surface area contributed by atoms with E-state index in [0.29, 0.717) is 11.8 Å². The van der Waals surface area contributed by atoms with Crippen LogP contribution in [0, 0.1) is 0 Å². The number of hydrogen-bond acceptors (Lipinski definition) is 3. The summed E-state index contributed by atoms with van der Waals surface area (Å²) in [5.41, 5.74) is 3.35. The molecule has 4 nitrogen and oxygen atoms in total. The van der Waals surface area contributed by atoms with Crippen LogP contribution in [-0.2, 0) is 0 Å². The van der Waals surface area contributed by atoms with Gasteiger partial charge < -0.3 is 14.8 Å². The maximum atomic E-state index is 13.0. The molecule has 2 aliphatic carbocycles. The Morgan fingerprint density at radius 2 is 1.42 bits per heavy atom. The third kappa shape index (κ3) is 5.06. The van der Waals surface area contributed by atoms with Crippen molar-refractivity contribution in [2.45, 2.75) is 75.7 Å². The molecule has 0 aliphatic heterocycles. The maximum absolute atomic E-state index is 13.0. The number of carbonyl (C=O) groups is 1. The maximum Gasteiger partial charge on any atom is 0.251 e. The lowest BCUT2D eigenvalue weighted by molar-refractivity contribution is 0.0920. The summed E-state index contributed by atoms with van der Waals surface area (Å²) in [4.78, 5) is 13.0. The summed E-state index contributed by atoms with van der Waals surface area (Å²) in [6.45, 7) is 0. The van der Waals surface area contributed by atoms with E-state index in [2.05, 4.69) is 29.6 Å². The summed E-state index contributed by atoms with van der Waals surface area (Å²) >= 11 is 0. The van der Waals surface area contributed by atoms with E-state index in [1.165, 1.54) is 49.7 Å². The van der Waals surface area contributed by atoms with Crippen LogP contribution in [0.2, 0.25) is 0 Å². The molecular formula is C27H35NO3. The first-order valence-corrected chi connectivity index (χ1v) is 11.8. The Balaban J connectivity index is 1.46. The number of amides is 1. The van der Waals surface area contributed by atoms with E-state index in [0.717, 1.165) is 36.3 Å². The highest BCUT2D eigenvalue weighted by molar-refractivity contribution is 5.94. The molecule has 0 radical (unpaired) electrons. The highest BCUT2D eigenvalue weighted by atomic mass is 16.5. The standard InChI is InChI=1S/C27H35NO3/c1-30-25-17-16-22(18-26(25)31-2)23-10-6-7-11-24(23)28-27(29)21-14-12-20(13-15-21)19-8-4-3-5-9-19/h12-19,23-24H,3-11H2,1-2H3,(H,28,29). The van der Waals surface area contributed by atoms with Gasteiger partial charge in [-0.05, 0) is 67.0 Å². The molecule has 0 aromatic heterocycles. The van der Waals surface area contributed by atoms with E-state index in [9.17, 15) is 4.79 Å². The molecule has 2 fully saturated rings. The molecule has 0 heterocycles. The van der Waals surface area contributed by atoms with Crippen LogP contribution in [0.5, 0.6) is 11.5 Å². The van der Waals surface area contributed by atoms with Crippen LogP contribution >= 0.6 is 0 Å². The third-order valence-corrected chi connectivity index (χ3v) is 7.17. The van der Waals surface area contributed by atoms with Gasteiger partial charge in [0.1, 0.15) is 0 Å². The van der Waals surface area contributed by atoms with Gasteiger partial charge >= 0.3 is 0 Å². The van der Waals surface area contributed by atoms with Crippen LogP contribution in [0.15, 0.2) is 42.5 Å². The minimum atomic E-state index is 0.0348. The molecule has 1 amide bonds. The molecule has 2 atom stereocenters. The van der Waals surface area contributed by atoms with Crippen LogP contribution in [0.1, 0.15) is 91.1 Å². The van der Waals surface area contributed by atoms with Gasteiger partial charge in [0.2, 0.25) is 0 Å². The smallest absolute Gasteiger partial charge is 0.251 e. The molecule has 2 saturated carbocycles. The zero-order valence-corrected chi connectivity index (χ0v) is 18.9. The minimum Gasteiger partial charge on any atom is -0.493 e. The second kappa shape index (κ2) is 10.2. The first-order valence-electron chi connectivity index (χ1n) is 11.8. The number of methoxy groups -OCH3 is 2. The molecular weight excluding hydrogens is 386 g/mol. The first kappa shape index (κ1) is 21.7. The van der Waals surface area contributed by atoms with Crippen molar-refractivity contribution in [2.24, 2.45) is 0 Å². The molecule has 2 aromatic rings. The molecule has 0 spiro atoms. The van der Waals surface area contributed by atoms with E-state index in [-0.39, 0.29) is 11.9 Å². The second-order valence-corrected chi connectivity index (χ2v) is 9.04. The Morgan fingerprint density at radius 3 is 2.13 bits per heavy atom. The molecule has 2 aliphatic rings. The van der Waals surface area contributed by atoms with Crippen molar-refractivity contribution in [3.8, 4) is 11.5 Å². The Bertz CT molecular complexity index is 871. The molecule has 2 aromatic carbocycles. The number of ether oxygens (including phenoxy) is 2. The van der Waals surface area contributed by atoms with Crippen molar-refractivity contribution in [3.05, 3.63) is 59.2 Å². The van der Waals surface area contributed by atoms with Crippen molar-refractivity contribution in [1.82, 2.24) is 5.32 Å². The topological polar surface area (TPSA) is 47.6 Å². The second-order valence-electron chi connectivity index (χ2n) is 9.04. The van der Waals surface area contributed by atoms with Gasteiger partial charge in [0, 0.05) is 17.5 Å². The number of hydrogen-bond donors (Lipinski definition) is 1. The summed E-state index contributed by atoms with van der Waals surface area (Å²) in [5.74, 6) is 2.47. The SMILES string of the molecule is COc1ccc(C2CCCCC2NC(=O)c2ccc(C3CCCCC3)cc2)cc1OC. The Kier molecular flexibility index (Phi) is 7.16. The van der Waals surface area contributed by atoms with E-state index < -0.39 is 0 Å². The Labute approximate surface area is 186 Å². The normalized spacial score (nSPS) is 22.0. The number of benzene rings is 2. The zero-order valence-electron chi connectivity index (χ0n) is 18.9. The fourth-order valence-electron chi connectivity index (χ4n) is 5.38. The summed E-state index contributed by atoms with van der Waals surface area (Å²) < 4.78 is 10.9. The highest BCUT2D eigenvalue weighted by Gasteiger charge is 2.29. The van der Waals surface area contributed by atoms with Gasteiger partial charge in [-0.1, -0.05) is 50.3 Å². The molecule has 0 saturated heterocycles. The summed E-state index contributed by atoms with van der Waals surface area (Å²) in [7, 11) is 3.32. The van der Waals surface area contributed by atoms with Gasteiger partial charge in [-0.25, -0.2) is 0 Å². The van der Waals surface area contributed by atoms with Crippen LogP contribution in [0.4, 0.5) is 0 Å². The molecule has 4 rings (SSSR count). The predicted octanol–water partition coefficient (Wildman–Crippen LogP) is 6.21. The highest BCUT2D eigenvalue weighted by Crippen LogP contribution is 2.38. The van der Waals surface area contributed by atoms with Crippen LogP contribution in [0.25, 0.3) is 0 Å². The quantitative estimate of drug-likeness (QED) is 0.603. The van der Waals surface area contributed by atoms with Crippen molar-refractivity contribution in [1.29, 1.82) is 0 Å². The molecule has 0 bridgehead atoms. The monoisotopic (exact) mass is 421 g/mol. The average Bonchev–Trinajstić information content (AvgIpc) is 2.84. The fourth-order valence-corrected chi connectivity index (χ4v) is 5.38. The average molecular weight is 422 g/mol. The minimum absolute atomic E-state index is 0.0348. The molecule has 31 heavy (non-hydrogen) atoms. The van der Waals surface area contributed by atoms with E-state index in [4.69, 9.17) is 9.47 Å². The Hall–Kier alpha value is -2.49. The van der Waals surface area contributed by atoms with Gasteiger partial charge in [0.25, 0.3) is 5.91 Å². The zero-order chi connectivity index (χ0) is 21.6. The predicted molar refractivity (Wildman–Crippen MR) is 124 cm³/mol. The largest absolute Gasteiger partial charge is 0.493 e. The van der Waals surface area contributed by atoms with Crippen molar-refractivity contribution < 1.29 is 14.3 Å². The van der Waals surface area contributed by atoms with Gasteiger partial charge in [0.05, 0.1) is 14.2 Å². The van der Waals surface area contributed by atoms with Gasteiger partial charge in [-0.3, -0.25) is 4.79 Å². The van der Waals surface area contributed by atoms with Crippen molar-refractivity contribution >= 4 is 5.91 Å². The van der Waals surface area contributed by atoms with Gasteiger partial charge in [-0.15, -0.1) is 0 Å². The first-order chi connectivity index (χ1) is 15.2. The fraction of sp³-hybridized carbons (Fsp3) is 0.519. The van der Waals surface area contributed by atoms with E-state index >= 15 is 0 Å². The number of rotatable bonds is 6. The lowest BCUT2D eigenvalue weighted by Gasteiger charge is -2.33. The molecule has 2 unspecified atom stereocenters. The third-order valence-electron chi connectivity index (χ3n) is 7.17. The Morgan fingerprint density at radius 1 is 0.774 bits per heavy atom. The van der Waals surface area contributed by atoms with Crippen LogP contribution < -0.4 is 14.8 Å². The lowest BCUT2D eigenvalue weighted by atomic mass is 9.79. The molecule has 166 valence electrons. The molecule has 4 heteroatoms. The number of nitrogens with one attached hydrogen (secondary N) is 1. The van der Waals surface area contributed by atoms with E-state index in [1.807, 2.05) is 18.2 Å². The van der Waals surface area contributed by atoms with E-state index in [1.54, 1.807) is 14.2 Å². The number of carbonyl (C=O) groups excluding carboxylic acids is 1. The summed E-state index contributed by atoms with van der Waals surface area (Å²) in [5, 5.41) is 3.34. The summed E-state index contributed by atoms with van der Waals surface area (Å²) in [6, 6.07) is 14.6. The van der Waals surface area contributed by atoms with Crippen LogP contribution in [0.3, 0.4) is 0 Å². The summed E-state index contributed by atoms with van der Waals surface area (Å²) in [6.07, 6.45) is 11.0. The van der Waals surface area contributed by atoms with Gasteiger partial charge in [-0.2, -0.15) is 0 Å². The van der Waals surface area contributed by atoms with Crippen molar-refractivity contribution in [3.63, 3.8) is 0 Å². The van der Waals surface area contributed by atoms with Gasteiger partial charge in [0.15, 0.2) is 11.5 Å².